The fraction of sp³-hybridized carbons (Fsp3) is 0.138. The number of carbonyl (C=O) groups is 1. The maximum absolute atomic E-state index is 10.8. The summed E-state index contributed by atoms with van der Waals surface area (Å²) in [4.78, 5) is 10.8. The Morgan fingerprint density at radius 3 is 2.36 bits per heavy atom. The lowest BCUT2D eigenvalue weighted by Crippen LogP contribution is -2.00. The quantitative estimate of drug-likeness (QED) is 0.297. The summed E-state index contributed by atoms with van der Waals surface area (Å²) >= 11 is 0. The summed E-state index contributed by atoms with van der Waals surface area (Å²) in [6.45, 7) is 4.37. The first-order valence-electron chi connectivity index (χ1n) is 10.9. The smallest absolute Gasteiger partial charge is 0.328 e. The van der Waals surface area contributed by atoms with Crippen LogP contribution >= 0.6 is 0 Å². The molecule has 4 rings (SSSR count). The average Bonchev–Trinajstić information content (AvgIpc) is 2.78. The Bertz CT molecular complexity index is 1300. The normalized spacial score (nSPS) is 11.4. The molecule has 0 aliphatic heterocycles. The van der Waals surface area contributed by atoms with E-state index < -0.39 is 5.97 Å². The highest BCUT2D eigenvalue weighted by molar-refractivity contribution is 5.98. The van der Waals surface area contributed by atoms with Crippen molar-refractivity contribution in [1.29, 1.82) is 0 Å². The number of rotatable bonds is 7. The lowest BCUT2D eigenvalue weighted by molar-refractivity contribution is -0.131. The van der Waals surface area contributed by atoms with Crippen LogP contribution in [0.1, 0.15) is 25.0 Å². The molecular formula is C29H26O4. The number of ether oxygens (including phenoxy) is 1. The first kappa shape index (κ1) is 22.2. The number of hydrogen-bond acceptors (Lipinski definition) is 3. The number of aromatic hydroxyl groups is 1. The van der Waals surface area contributed by atoms with Crippen molar-refractivity contribution in [2.24, 2.45) is 5.92 Å². The van der Waals surface area contributed by atoms with Crippen molar-refractivity contribution < 1.29 is 19.7 Å². The third-order valence-electron chi connectivity index (χ3n) is 5.37. The fourth-order valence-corrected chi connectivity index (χ4v) is 3.98. The van der Waals surface area contributed by atoms with Gasteiger partial charge >= 0.3 is 5.97 Å². The molecule has 0 radical (unpaired) electrons. The minimum absolute atomic E-state index is 0.214. The van der Waals surface area contributed by atoms with Gasteiger partial charge in [-0.1, -0.05) is 62.4 Å². The molecule has 0 unspecified atom stereocenters. The van der Waals surface area contributed by atoms with Crippen LogP contribution in [0.5, 0.6) is 17.2 Å². The number of phenolic OH excluding ortho intramolecular Hbond substituents is 1. The van der Waals surface area contributed by atoms with Crippen molar-refractivity contribution in [1.82, 2.24) is 0 Å². The van der Waals surface area contributed by atoms with Crippen molar-refractivity contribution in [3.8, 4) is 28.4 Å². The van der Waals surface area contributed by atoms with Gasteiger partial charge in [0.2, 0.25) is 0 Å². The summed E-state index contributed by atoms with van der Waals surface area (Å²) in [7, 11) is 0. The molecular weight excluding hydrogens is 412 g/mol. The van der Waals surface area contributed by atoms with Crippen molar-refractivity contribution in [2.45, 2.75) is 20.3 Å². The second-order valence-corrected chi connectivity index (χ2v) is 8.45. The predicted octanol–water partition coefficient (Wildman–Crippen LogP) is 7.30. The Labute approximate surface area is 193 Å². The third kappa shape index (κ3) is 5.24. The Hall–Kier alpha value is -4.05. The van der Waals surface area contributed by atoms with Crippen LogP contribution in [0.3, 0.4) is 0 Å². The van der Waals surface area contributed by atoms with Gasteiger partial charge in [-0.25, -0.2) is 4.79 Å². The highest BCUT2D eigenvalue weighted by Gasteiger charge is 2.18. The molecule has 4 nitrogen and oxygen atoms in total. The number of benzene rings is 4. The summed E-state index contributed by atoms with van der Waals surface area (Å²) < 4.78 is 6.50. The summed E-state index contributed by atoms with van der Waals surface area (Å²) in [5.41, 5.74) is 4.04. The number of phenols is 1. The lowest BCUT2D eigenvalue weighted by atomic mass is 9.89. The molecule has 0 atom stereocenters. The van der Waals surface area contributed by atoms with Crippen LogP contribution in [0.15, 0.2) is 84.9 Å². The van der Waals surface area contributed by atoms with E-state index in [0.717, 1.165) is 51.3 Å². The number of fused-ring (bicyclic) bond motifs is 1. The molecule has 0 aliphatic carbocycles. The summed E-state index contributed by atoms with van der Waals surface area (Å²) in [6.07, 6.45) is 3.52. The molecule has 166 valence electrons. The van der Waals surface area contributed by atoms with Crippen LogP contribution in [0.2, 0.25) is 0 Å². The molecule has 2 N–H and O–H groups in total. The third-order valence-corrected chi connectivity index (χ3v) is 5.37. The van der Waals surface area contributed by atoms with Gasteiger partial charge < -0.3 is 14.9 Å². The minimum Gasteiger partial charge on any atom is -0.508 e. The second kappa shape index (κ2) is 9.61. The topological polar surface area (TPSA) is 66.8 Å². The molecule has 0 amide bonds. The summed E-state index contributed by atoms with van der Waals surface area (Å²) in [5, 5.41) is 20.8. The van der Waals surface area contributed by atoms with Gasteiger partial charge in [-0.15, -0.1) is 0 Å². The second-order valence-electron chi connectivity index (χ2n) is 8.45. The van der Waals surface area contributed by atoms with Gasteiger partial charge in [-0.05, 0) is 70.8 Å². The van der Waals surface area contributed by atoms with Crippen LogP contribution in [-0.2, 0) is 11.2 Å². The number of hydrogen-bond donors (Lipinski definition) is 2. The van der Waals surface area contributed by atoms with Gasteiger partial charge in [0.05, 0.1) is 0 Å². The van der Waals surface area contributed by atoms with E-state index in [0.29, 0.717) is 11.7 Å². The molecule has 0 saturated heterocycles. The number of aliphatic carboxylic acids is 1. The number of carboxylic acid groups (broad SMARTS) is 1. The van der Waals surface area contributed by atoms with Crippen molar-refractivity contribution in [3.05, 3.63) is 96.1 Å². The maximum atomic E-state index is 10.8. The lowest BCUT2D eigenvalue weighted by Gasteiger charge is -2.20. The van der Waals surface area contributed by atoms with E-state index in [1.165, 1.54) is 0 Å². The zero-order valence-electron chi connectivity index (χ0n) is 18.7. The van der Waals surface area contributed by atoms with E-state index in [4.69, 9.17) is 9.84 Å². The SMILES string of the molecule is CC(C)Cc1cc2cc(O)ccc2c(Oc2ccc(C=CC(=O)O)cc2)c1-c1ccccc1. The summed E-state index contributed by atoms with van der Waals surface area (Å²) in [5.74, 6) is 1.06. The molecule has 0 aromatic heterocycles. The summed E-state index contributed by atoms with van der Waals surface area (Å²) in [6, 6.07) is 25.0. The zero-order valence-corrected chi connectivity index (χ0v) is 18.7. The van der Waals surface area contributed by atoms with Gasteiger partial charge in [0.25, 0.3) is 0 Å². The molecule has 4 aromatic rings. The molecule has 0 saturated carbocycles. The van der Waals surface area contributed by atoms with Crippen LogP contribution in [0.25, 0.3) is 28.0 Å². The van der Waals surface area contributed by atoms with Gasteiger partial charge in [0.15, 0.2) is 0 Å². The van der Waals surface area contributed by atoms with Gasteiger partial charge in [-0.2, -0.15) is 0 Å². The molecule has 0 spiro atoms. The molecule has 4 aromatic carbocycles. The van der Waals surface area contributed by atoms with Gasteiger partial charge in [0.1, 0.15) is 17.2 Å². The molecule has 33 heavy (non-hydrogen) atoms. The average molecular weight is 439 g/mol. The zero-order chi connectivity index (χ0) is 23.4. The molecule has 0 fully saturated rings. The van der Waals surface area contributed by atoms with Crippen LogP contribution in [0.4, 0.5) is 0 Å². The highest BCUT2D eigenvalue weighted by Crippen LogP contribution is 2.43. The highest BCUT2D eigenvalue weighted by atomic mass is 16.5. The van der Waals surface area contributed by atoms with E-state index >= 15 is 0 Å². The Morgan fingerprint density at radius 1 is 0.970 bits per heavy atom. The van der Waals surface area contributed by atoms with E-state index in [2.05, 4.69) is 32.0 Å². The molecule has 0 bridgehead atoms. The first-order valence-corrected chi connectivity index (χ1v) is 10.9. The standard InChI is InChI=1S/C29H26O4/c1-19(2)16-23-17-22-18-24(30)11-14-26(22)29(28(23)21-6-4-3-5-7-21)33-25-12-8-20(9-13-25)10-15-27(31)32/h3-15,17-19,30H,16H2,1-2H3,(H,31,32). The van der Waals surface area contributed by atoms with Crippen molar-refractivity contribution in [2.75, 3.05) is 0 Å². The molecule has 4 heteroatoms. The number of carboxylic acids is 1. The van der Waals surface area contributed by atoms with E-state index in [1.807, 2.05) is 48.5 Å². The van der Waals surface area contributed by atoms with E-state index in [9.17, 15) is 9.90 Å². The van der Waals surface area contributed by atoms with Crippen molar-refractivity contribution in [3.63, 3.8) is 0 Å². The van der Waals surface area contributed by atoms with Crippen LogP contribution in [-0.4, -0.2) is 16.2 Å². The van der Waals surface area contributed by atoms with Crippen molar-refractivity contribution >= 4 is 22.8 Å². The first-order chi connectivity index (χ1) is 15.9. The Kier molecular flexibility index (Phi) is 6.45. The Morgan fingerprint density at radius 2 is 1.70 bits per heavy atom. The Balaban J connectivity index is 1.88. The van der Waals surface area contributed by atoms with Gasteiger partial charge in [-0.3, -0.25) is 0 Å². The molecule has 0 heterocycles. The fourth-order valence-electron chi connectivity index (χ4n) is 3.98. The predicted molar refractivity (Wildman–Crippen MR) is 133 cm³/mol. The van der Waals surface area contributed by atoms with Gasteiger partial charge in [0, 0.05) is 17.0 Å². The minimum atomic E-state index is -0.987. The van der Waals surface area contributed by atoms with E-state index in [-0.39, 0.29) is 5.75 Å². The van der Waals surface area contributed by atoms with Crippen LogP contribution in [0, 0.1) is 5.92 Å². The molecule has 0 aliphatic rings. The maximum Gasteiger partial charge on any atom is 0.328 e. The van der Waals surface area contributed by atoms with Crippen LogP contribution < -0.4 is 4.74 Å². The largest absolute Gasteiger partial charge is 0.508 e. The monoisotopic (exact) mass is 438 g/mol. The van der Waals surface area contributed by atoms with E-state index in [1.54, 1.807) is 18.2 Å².